The van der Waals surface area contributed by atoms with E-state index in [0.29, 0.717) is 24.3 Å². The summed E-state index contributed by atoms with van der Waals surface area (Å²) in [5.41, 5.74) is 2.24. The van der Waals surface area contributed by atoms with Gasteiger partial charge in [-0.25, -0.2) is 0 Å². The molecule has 0 fully saturated rings. The molecule has 0 saturated heterocycles. The van der Waals surface area contributed by atoms with Crippen LogP contribution in [0.1, 0.15) is 12.0 Å². The highest BCUT2D eigenvalue weighted by Gasteiger charge is 2.14. The van der Waals surface area contributed by atoms with Gasteiger partial charge in [0, 0.05) is 18.3 Å². The number of para-hydroxylation sites is 1. The van der Waals surface area contributed by atoms with Crippen molar-refractivity contribution in [3.05, 3.63) is 54.1 Å². The number of hydrogen-bond donors (Lipinski definition) is 0. The van der Waals surface area contributed by atoms with Crippen LogP contribution in [0.2, 0.25) is 0 Å². The van der Waals surface area contributed by atoms with E-state index in [9.17, 15) is 5.26 Å². The monoisotopic (exact) mass is 277 g/mol. The molecule has 2 aromatic rings. The topological polar surface area (TPSA) is 60.0 Å². The number of nitriles is 2. The second kappa shape index (κ2) is 6.98. The number of methoxy groups -OCH3 is 1. The van der Waals surface area contributed by atoms with Gasteiger partial charge in [-0.05, 0) is 24.3 Å². The molecule has 0 unspecified atom stereocenters. The smallest absolute Gasteiger partial charge is 0.121 e. The molecular formula is C17H15N3O. The van der Waals surface area contributed by atoms with Crippen molar-refractivity contribution in [2.75, 3.05) is 18.6 Å². The van der Waals surface area contributed by atoms with Crippen molar-refractivity contribution in [1.29, 1.82) is 10.5 Å². The van der Waals surface area contributed by atoms with Crippen LogP contribution in [0, 0.1) is 22.7 Å². The molecule has 2 aromatic carbocycles. The fourth-order valence-corrected chi connectivity index (χ4v) is 2.11. The molecule has 0 atom stereocenters. The van der Waals surface area contributed by atoms with E-state index < -0.39 is 0 Å². The molecule has 0 aliphatic rings. The van der Waals surface area contributed by atoms with E-state index in [0.717, 1.165) is 11.4 Å². The van der Waals surface area contributed by atoms with Gasteiger partial charge in [0.15, 0.2) is 0 Å². The number of anilines is 2. The summed E-state index contributed by atoms with van der Waals surface area (Å²) in [6.45, 7) is 0.516. The summed E-state index contributed by atoms with van der Waals surface area (Å²) in [4.78, 5) is 1.96. The maximum Gasteiger partial charge on any atom is 0.121 e. The summed E-state index contributed by atoms with van der Waals surface area (Å²) in [7, 11) is 1.59. The van der Waals surface area contributed by atoms with E-state index in [1.165, 1.54) is 0 Å². The Morgan fingerprint density at radius 3 is 2.48 bits per heavy atom. The van der Waals surface area contributed by atoms with Gasteiger partial charge in [0.05, 0.1) is 30.9 Å². The first kappa shape index (κ1) is 14.4. The van der Waals surface area contributed by atoms with Crippen molar-refractivity contribution in [3.63, 3.8) is 0 Å². The Balaban J connectivity index is 2.51. The van der Waals surface area contributed by atoms with Crippen molar-refractivity contribution in [2.24, 2.45) is 0 Å². The van der Waals surface area contributed by atoms with E-state index in [-0.39, 0.29) is 0 Å². The van der Waals surface area contributed by atoms with Crippen LogP contribution in [0.5, 0.6) is 5.75 Å². The average molecular weight is 277 g/mol. The van der Waals surface area contributed by atoms with Crippen LogP contribution in [0.4, 0.5) is 11.4 Å². The van der Waals surface area contributed by atoms with E-state index in [1.54, 1.807) is 19.2 Å². The van der Waals surface area contributed by atoms with Gasteiger partial charge >= 0.3 is 0 Å². The summed E-state index contributed by atoms with van der Waals surface area (Å²) < 4.78 is 5.24. The first-order valence-electron chi connectivity index (χ1n) is 6.58. The zero-order valence-corrected chi connectivity index (χ0v) is 11.8. The number of nitrogens with zero attached hydrogens (tertiary/aromatic N) is 3. The lowest BCUT2D eigenvalue weighted by atomic mass is 10.1. The summed E-state index contributed by atoms with van der Waals surface area (Å²) in [6.07, 6.45) is 0.372. The number of benzene rings is 2. The molecular weight excluding hydrogens is 262 g/mol. The van der Waals surface area contributed by atoms with Crippen LogP contribution in [0.25, 0.3) is 0 Å². The zero-order chi connectivity index (χ0) is 15.1. The first-order chi connectivity index (χ1) is 10.3. The molecule has 0 aromatic heterocycles. The summed E-state index contributed by atoms with van der Waals surface area (Å²) in [5.74, 6) is 0.682. The highest BCUT2D eigenvalue weighted by Crippen LogP contribution is 2.31. The molecule has 0 heterocycles. The summed E-state index contributed by atoms with van der Waals surface area (Å²) >= 11 is 0. The Labute approximate surface area is 124 Å². The van der Waals surface area contributed by atoms with E-state index in [2.05, 4.69) is 12.1 Å². The molecule has 0 aliphatic carbocycles. The third kappa shape index (κ3) is 3.32. The fourth-order valence-electron chi connectivity index (χ4n) is 2.11. The number of hydrogen-bond acceptors (Lipinski definition) is 4. The molecule has 0 bridgehead atoms. The van der Waals surface area contributed by atoms with E-state index in [1.807, 2.05) is 41.3 Å². The Bertz CT molecular complexity index is 683. The highest BCUT2D eigenvalue weighted by molar-refractivity contribution is 5.70. The lowest BCUT2D eigenvalue weighted by Gasteiger charge is -2.25. The van der Waals surface area contributed by atoms with Crippen molar-refractivity contribution in [3.8, 4) is 17.9 Å². The van der Waals surface area contributed by atoms with Crippen LogP contribution in [0.15, 0.2) is 48.5 Å². The average Bonchev–Trinajstić information content (AvgIpc) is 2.56. The maximum absolute atomic E-state index is 9.32. The van der Waals surface area contributed by atoms with E-state index >= 15 is 0 Å². The molecule has 0 radical (unpaired) electrons. The minimum Gasteiger partial charge on any atom is -0.497 e. The molecule has 2 rings (SSSR count). The standard InChI is InChI=1S/C17H15N3O/c1-21-16-9-8-14(13-19)17(12-16)20(11-5-10-18)15-6-3-2-4-7-15/h2-4,6-9,12H,5,11H2,1H3. The van der Waals surface area contributed by atoms with Crippen molar-refractivity contribution in [1.82, 2.24) is 0 Å². The van der Waals surface area contributed by atoms with Crippen LogP contribution in [-0.4, -0.2) is 13.7 Å². The van der Waals surface area contributed by atoms with Crippen molar-refractivity contribution >= 4 is 11.4 Å². The minimum atomic E-state index is 0.372. The second-order valence-corrected chi connectivity index (χ2v) is 4.39. The lowest BCUT2D eigenvalue weighted by Crippen LogP contribution is -2.19. The summed E-state index contributed by atoms with van der Waals surface area (Å²) in [6, 6.07) is 19.4. The molecule has 0 amide bonds. The van der Waals surface area contributed by atoms with Gasteiger partial charge in [0.1, 0.15) is 11.8 Å². The van der Waals surface area contributed by atoms with Gasteiger partial charge in [0.25, 0.3) is 0 Å². The summed E-state index contributed by atoms with van der Waals surface area (Å²) in [5, 5.41) is 18.2. The Morgan fingerprint density at radius 2 is 1.86 bits per heavy atom. The molecule has 0 saturated carbocycles. The van der Waals surface area contributed by atoms with Gasteiger partial charge in [-0.15, -0.1) is 0 Å². The highest BCUT2D eigenvalue weighted by atomic mass is 16.5. The van der Waals surface area contributed by atoms with Crippen LogP contribution < -0.4 is 9.64 Å². The molecule has 4 nitrogen and oxygen atoms in total. The lowest BCUT2D eigenvalue weighted by molar-refractivity contribution is 0.415. The molecule has 0 spiro atoms. The van der Waals surface area contributed by atoms with Crippen LogP contribution >= 0.6 is 0 Å². The Hall–Kier alpha value is -2.98. The molecule has 21 heavy (non-hydrogen) atoms. The fraction of sp³-hybridized carbons (Fsp3) is 0.176. The third-order valence-corrected chi connectivity index (χ3v) is 3.13. The molecule has 0 aliphatic heterocycles. The Kier molecular flexibility index (Phi) is 4.79. The van der Waals surface area contributed by atoms with Gasteiger partial charge in [-0.2, -0.15) is 10.5 Å². The van der Waals surface area contributed by atoms with Gasteiger partial charge < -0.3 is 9.64 Å². The largest absolute Gasteiger partial charge is 0.497 e. The third-order valence-electron chi connectivity index (χ3n) is 3.13. The molecule has 0 N–H and O–H groups in total. The molecule has 4 heteroatoms. The SMILES string of the molecule is COc1ccc(C#N)c(N(CCC#N)c2ccccc2)c1. The second-order valence-electron chi connectivity index (χ2n) is 4.39. The normalized spacial score (nSPS) is 9.48. The van der Waals surface area contributed by atoms with Crippen molar-refractivity contribution in [2.45, 2.75) is 6.42 Å². The van der Waals surface area contributed by atoms with Crippen LogP contribution in [-0.2, 0) is 0 Å². The predicted octanol–water partition coefficient (Wildman–Crippen LogP) is 3.62. The Morgan fingerprint density at radius 1 is 1.10 bits per heavy atom. The number of ether oxygens (including phenoxy) is 1. The minimum absolute atomic E-state index is 0.372. The predicted molar refractivity (Wildman–Crippen MR) is 81.4 cm³/mol. The van der Waals surface area contributed by atoms with Gasteiger partial charge in [0.2, 0.25) is 0 Å². The van der Waals surface area contributed by atoms with Gasteiger partial charge in [-0.1, -0.05) is 18.2 Å². The number of rotatable bonds is 5. The van der Waals surface area contributed by atoms with Crippen LogP contribution in [0.3, 0.4) is 0 Å². The maximum atomic E-state index is 9.32. The quantitative estimate of drug-likeness (QED) is 0.837. The first-order valence-corrected chi connectivity index (χ1v) is 6.58. The zero-order valence-electron chi connectivity index (χ0n) is 11.8. The van der Waals surface area contributed by atoms with Crippen molar-refractivity contribution < 1.29 is 4.74 Å². The van der Waals surface area contributed by atoms with E-state index in [4.69, 9.17) is 10.00 Å². The molecule has 104 valence electrons. The van der Waals surface area contributed by atoms with Gasteiger partial charge in [-0.3, -0.25) is 0 Å².